The average Bonchev–Trinajstić information content (AvgIpc) is 2.77. The summed E-state index contributed by atoms with van der Waals surface area (Å²) in [5.74, 6) is -0.0614. The van der Waals surface area contributed by atoms with Crippen molar-refractivity contribution in [1.29, 1.82) is 0 Å². The predicted molar refractivity (Wildman–Crippen MR) is 96.1 cm³/mol. The number of hydrogen-bond acceptors (Lipinski definition) is 4. The first-order chi connectivity index (χ1) is 12.3. The highest BCUT2D eigenvalue weighted by Crippen LogP contribution is 2.39. The van der Waals surface area contributed by atoms with E-state index in [0.717, 1.165) is 11.3 Å². The summed E-state index contributed by atoms with van der Waals surface area (Å²) < 4.78 is 0. The second kappa shape index (κ2) is 7.07. The number of nitrogens with one attached hydrogen (secondary N) is 2. The van der Waals surface area contributed by atoms with Gasteiger partial charge in [0.2, 0.25) is 5.91 Å². The molecular weight excluding hydrogens is 334 g/mol. The maximum absolute atomic E-state index is 12.9. The standard InChI is InChI=1S/C19H25N3O4/c1-12-6-13(2)9-19(8-12)17(25)22(18(26)21-19)10-16(24)20-15-5-3-4-14(7-15)11-23/h3-5,7,12-13,23H,6,8-11H2,1-2H3,(H,20,24)(H,21,26). The van der Waals surface area contributed by atoms with Crippen LogP contribution in [0.1, 0.15) is 38.7 Å². The van der Waals surface area contributed by atoms with E-state index in [0.29, 0.717) is 35.9 Å². The van der Waals surface area contributed by atoms with Crippen LogP contribution in [0.2, 0.25) is 0 Å². The zero-order valence-electron chi connectivity index (χ0n) is 15.1. The van der Waals surface area contributed by atoms with Crippen LogP contribution < -0.4 is 10.6 Å². The van der Waals surface area contributed by atoms with Gasteiger partial charge in [-0.2, -0.15) is 0 Å². The number of hydrogen-bond donors (Lipinski definition) is 3. The second-order valence-corrected chi connectivity index (χ2v) is 7.66. The SMILES string of the molecule is CC1CC(C)CC2(C1)NC(=O)N(CC(=O)Nc1cccc(CO)c1)C2=O. The summed E-state index contributed by atoms with van der Waals surface area (Å²) in [5, 5.41) is 14.7. The van der Waals surface area contributed by atoms with Gasteiger partial charge in [-0.3, -0.25) is 14.5 Å². The zero-order valence-corrected chi connectivity index (χ0v) is 15.1. The van der Waals surface area contributed by atoms with Crippen molar-refractivity contribution >= 4 is 23.5 Å². The molecule has 26 heavy (non-hydrogen) atoms. The van der Waals surface area contributed by atoms with Crippen LogP contribution >= 0.6 is 0 Å². The number of rotatable bonds is 4. The molecule has 3 rings (SSSR count). The highest BCUT2D eigenvalue weighted by molar-refractivity contribution is 6.10. The van der Waals surface area contributed by atoms with Gasteiger partial charge in [0, 0.05) is 5.69 Å². The van der Waals surface area contributed by atoms with Gasteiger partial charge in [0.15, 0.2) is 0 Å². The largest absolute Gasteiger partial charge is 0.392 e. The number of urea groups is 1. The summed E-state index contributed by atoms with van der Waals surface area (Å²) in [6.45, 7) is 3.72. The number of aliphatic hydroxyl groups is 1. The van der Waals surface area contributed by atoms with Crippen molar-refractivity contribution in [1.82, 2.24) is 10.2 Å². The van der Waals surface area contributed by atoms with E-state index in [4.69, 9.17) is 5.11 Å². The van der Waals surface area contributed by atoms with Crippen molar-refractivity contribution in [2.75, 3.05) is 11.9 Å². The molecule has 2 fully saturated rings. The minimum absolute atomic E-state index is 0.129. The maximum Gasteiger partial charge on any atom is 0.325 e. The average molecular weight is 359 g/mol. The van der Waals surface area contributed by atoms with E-state index < -0.39 is 17.5 Å². The summed E-state index contributed by atoms with van der Waals surface area (Å²) in [6.07, 6.45) is 2.25. The molecule has 2 atom stereocenters. The topological polar surface area (TPSA) is 98.7 Å². The predicted octanol–water partition coefficient (Wildman–Crippen LogP) is 1.86. The fourth-order valence-electron chi connectivity index (χ4n) is 4.31. The molecule has 1 saturated carbocycles. The first-order valence-corrected chi connectivity index (χ1v) is 8.97. The molecule has 1 aliphatic heterocycles. The Bertz CT molecular complexity index is 723. The second-order valence-electron chi connectivity index (χ2n) is 7.66. The molecule has 0 aromatic heterocycles. The molecule has 7 nitrogen and oxygen atoms in total. The Morgan fingerprint density at radius 2 is 2.00 bits per heavy atom. The van der Waals surface area contributed by atoms with Gasteiger partial charge in [0.25, 0.3) is 5.91 Å². The molecule has 1 saturated heterocycles. The van der Waals surface area contributed by atoms with Gasteiger partial charge in [0.1, 0.15) is 12.1 Å². The summed E-state index contributed by atoms with van der Waals surface area (Å²) in [6, 6.07) is 6.29. The molecule has 1 aliphatic carbocycles. The lowest BCUT2D eigenvalue weighted by Gasteiger charge is -2.37. The van der Waals surface area contributed by atoms with Gasteiger partial charge in [-0.05, 0) is 48.8 Å². The molecule has 2 unspecified atom stereocenters. The van der Waals surface area contributed by atoms with E-state index in [2.05, 4.69) is 24.5 Å². The lowest BCUT2D eigenvalue weighted by molar-refractivity contribution is -0.135. The molecule has 1 spiro atoms. The molecule has 7 heteroatoms. The molecule has 1 aromatic carbocycles. The normalized spacial score (nSPS) is 28.3. The minimum atomic E-state index is -0.870. The molecule has 140 valence electrons. The van der Waals surface area contributed by atoms with Crippen LogP contribution in [-0.2, 0) is 16.2 Å². The number of benzene rings is 1. The fourth-order valence-corrected chi connectivity index (χ4v) is 4.31. The number of amides is 4. The van der Waals surface area contributed by atoms with Crippen LogP contribution in [0.15, 0.2) is 24.3 Å². The lowest BCUT2D eigenvalue weighted by atomic mass is 9.71. The Balaban J connectivity index is 1.68. The molecule has 1 heterocycles. The highest BCUT2D eigenvalue weighted by Gasteiger charge is 2.54. The van der Waals surface area contributed by atoms with E-state index >= 15 is 0 Å². The van der Waals surface area contributed by atoms with Crippen molar-refractivity contribution in [3.05, 3.63) is 29.8 Å². The van der Waals surface area contributed by atoms with E-state index in [1.54, 1.807) is 24.3 Å². The molecule has 3 N–H and O–H groups in total. The van der Waals surface area contributed by atoms with Gasteiger partial charge < -0.3 is 15.7 Å². The summed E-state index contributed by atoms with van der Waals surface area (Å²) in [7, 11) is 0. The lowest BCUT2D eigenvalue weighted by Crippen LogP contribution is -2.52. The highest BCUT2D eigenvalue weighted by atomic mass is 16.3. The third kappa shape index (κ3) is 3.58. The van der Waals surface area contributed by atoms with Crippen molar-refractivity contribution < 1.29 is 19.5 Å². The fraction of sp³-hybridized carbons (Fsp3) is 0.526. The van der Waals surface area contributed by atoms with Crippen molar-refractivity contribution in [2.24, 2.45) is 11.8 Å². The number of nitrogens with zero attached hydrogens (tertiary/aromatic N) is 1. The summed E-state index contributed by atoms with van der Waals surface area (Å²) >= 11 is 0. The number of anilines is 1. The molecular formula is C19H25N3O4. The van der Waals surface area contributed by atoms with Crippen molar-refractivity contribution in [2.45, 2.75) is 45.3 Å². The number of carbonyl (C=O) groups excluding carboxylic acids is 3. The maximum atomic E-state index is 12.9. The summed E-state index contributed by atoms with van der Waals surface area (Å²) in [5.41, 5.74) is 0.316. The number of carbonyl (C=O) groups is 3. The molecule has 0 bridgehead atoms. The van der Waals surface area contributed by atoms with E-state index in [9.17, 15) is 14.4 Å². The Hall–Kier alpha value is -2.41. The van der Waals surface area contributed by atoms with Crippen LogP contribution in [0.3, 0.4) is 0 Å². The third-order valence-corrected chi connectivity index (χ3v) is 5.14. The first kappa shape index (κ1) is 18.4. The Kier molecular flexibility index (Phi) is 5.00. The molecule has 2 aliphatic rings. The number of imide groups is 1. The van der Waals surface area contributed by atoms with Gasteiger partial charge in [-0.15, -0.1) is 0 Å². The quantitative estimate of drug-likeness (QED) is 0.715. The van der Waals surface area contributed by atoms with E-state index in [-0.39, 0.29) is 19.1 Å². The summed E-state index contributed by atoms with van der Waals surface area (Å²) in [4.78, 5) is 38.6. The van der Waals surface area contributed by atoms with Crippen molar-refractivity contribution in [3.8, 4) is 0 Å². The van der Waals surface area contributed by atoms with Gasteiger partial charge in [-0.25, -0.2) is 4.79 Å². The Labute approximate surface area is 152 Å². The molecule has 1 aromatic rings. The third-order valence-electron chi connectivity index (χ3n) is 5.14. The van der Waals surface area contributed by atoms with Crippen LogP contribution in [-0.4, -0.2) is 39.9 Å². The van der Waals surface area contributed by atoms with E-state index in [1.807, 2.05) is 0 Å². The van der Waals surface area contributed by atoms with Crippen molar-refractivity contribution in [3.63, 3.8) is 0 Å². The zero-order chi connectivity index (χ0) is 18.9. The van der Waals surface area contributed by atoms with Crippen LogP contribution in [0.4, 0.5) is 10.5 Å². The number of aliphatic hydroxyl groups excluding tert-OH is 1. The molecule has 0 radical (unpaired) electrons. The van der Waals surface area contributed by atoms with Crippen LogP contribution in [0.25, 0.3) is 0 Å². The Morgan fingerprint density at radius 3 is 2.65 bits per heavy atom. The minimum Gasteiger partial charge on any atom is -0.392 e. The Morgan fingerprint density at radius 1 is 1.31 bits per heavy atom. The first-order valence-electron chi connectivity index (χ1n) is 8.97. The molecule has 4 amide bonds. The monoisotopic (exact) mass is 359 g/mol. The van der Waals surface area contributed by atoms with Gasteiger partial charge in [-0.1, -0.05) is 26.0 Å². The van der Waals surface area contributed by atoms with Crippen LogP contribution in [0, 0.1) is 11.8 Å². The smallest absolute Gasteiger partial charge is 0.325 e. The van der Waals surface area contributed by atoms with Gasteiger partial charge in [0.05, 0.1) is 6.61 Å². The van der Waals surface area contributed by atoms with Gasteiger partial charge >= 0.3 is 6.03 Å². The van der Waals surface area contributed by atoms with Crippen LogP contribution in [0.5, 0.6) is 0 Å². The van der Waals surface area contributed by atoms with E-state index in [1.165, 1.54) is 0 Å².